The summed E-state index contributed by atoms with van der Waals surface area (Å²) in [4.78, 5) is 13.4. The lowest BCUT2D eigenvalue weighted by Gasteiger charge is -2.34. The van der Waals surface area contributed by atoms with Gasteiger partial charge in [0.15, 0.2) is 0 Å². The molecule has 0 bridgehead atoms. The van der Waals surface area contributed by atoms with Crippen LogP contribution in [0.15, 0.2) is 47.1 Å². The van der Waals surface area contributed by atoms with Crippen LogP contribution in [-0.2, 0) is 6.54 Å². The first-order chi connectivity index (χ1) is 12.7. The molecule has 0 aliphatic carbocycles. The van der Waals surface area contributed by atoms with Gasteiger partial charge in [0, 0.05) is 43.0 Å². The number of anilines is 1. The second kappa shape index (κ2) is 7.61. The van der Waals surface area contributed by atoms with E-state index in [4.69, 9.17) is 27.7 Å². The van der Waals surface area contributed by atoms with Crippen LogP contribution < -0.4 is 4.90 Å². The van der Waals surface area contributed by atoms with E-state index in [0.29, 0.717) is 28.3 Å². The molecule has 2 aromatic heterocycles. The monoisotopic (exact) mass is 389 g/mol. The Hall–Kier alpha value is -2.15. The van der Waals surface area contributed by atoms with Gasteiger partial charge in [-0.1, -0.05) is 40.5 Å². The van der Waals surface area contributed by atoms with Crippen molar-refractivity contribution in [1.82, 2.24) is 20.0 Å². The molecule has 134 valence electrons. The highest BCUT2D eigenvalue weighted by Gasteiger charge is 2.20. The first kappa shape index (κ1) is 17.3. The third-order valence-corrected chi connectivity index (χ3v) is 4.78. The third kappa shape index (κ3) is 3.98. The van der Waals surface area contributed by atoms with Crippen LogP contribution in [0.3, 0.4) is 0 Å². The minimum atomic E-state index is 0.562. The average Bonchev–Trinajstić information content (AvgIpc) is 3.12. The zero-order valence-electron chi connectivity index (χ0n) is 14.0. The Balaban J connectivity index is 1.35. The number of halogens is 2. The third-order valence-electron chi connectivity index (χ3n) is 4.32. The fraction of sp³-hybridized carbons (Fsp3) is 0.278. The van der Waals surface area contributed by atoms with Gasteiger partial charge in [-0.15, -0.1) is 0 Å². The van der Waals surface area contributed by atoms with Crippen molar-refractivity contribution in [2.75, 3.05) is 31.1 Å². The van der Waals surface area contributed by atoms with Crippen molar-refractivity contribution in [3.05, 3.63) is 58.5 Å². The molecule has 3 heterocycles. The van der Waals surface area contributed by atoms with Gasteiger partial charge in [-0.05, 0) is 24.3 Å². The number of benzene rings is 1. The molecule has 0 amide bonds. The second-order valence-electron chi connectivity index (χ2n) is 6.12. The first-order valence-electron chi connectivity index (χ1n) is 8.35. The first-order valence-corrected chi connectivity index (χ1v) is 9.10. The quantitative estimate of drug-likeness (QED) is 0.676. The topological polar surface area (TPSA) is 58.3 Å². The van der Waals surface area contributed by atoms with E-state index in [1.54, 1.807) is 6.20 Å². The zero-order valence-corrected chi connectivity index (χ0v) is 15.5. The van der Waals surface area contributed by atoms with E-state index in [0.717, 1.165) is 37.6 Å². The van der Waals surface area contributed by atoms with E-state index in [1.165, 1.54) is 0 Å². The molecule has 0 radical (unpaired) electrons. The van der Waals surface area contributed by atoms with Gasteiger partial charge in [-0.2, -0.15) is 4.98 Å². The molecule has 1 fully saturated rings. The fourth-order valence-corrected chi connectivity index (χ4v) is 3.25. The van der Waals surface area contributed by atoms with E-state index in [9.17, 15) is 0 Å². The Bertz CT molecular complexity index is 875. The fourth-order valence-electron chi connectivity index (χ4n) is 2.95. The lowest BCUT2D eigenvalue weighted by Crippen LogP contribution is -2.46. The van der Waals surface area contributed by atoms with Gasteiger partial charge in [0.05, 0.1) is 11.6 Å². The molecular formula is C18H17Cl2N5O. The minimum Gasteiger partial charge on any atom is -0.354 e. The molecule has 0 spiro atoms. The predicted molar refractivity (Wildman–Crippen MR) is 101 cm³/mol. The van der Waals surface area contributed by atoms with E-state index in [-0.39, 0.29) is 0 Å². The number of hydrogen-bond donors (Lipinski definition) is 0. The summed E-state index contributed by atoms with van der Waals surface area (Å²) in [6.45, 7) is 4.22. The number of hydrogen-bond acceptors (Lipinski definition) is 6. The highest BCUT2D eigenvalue weighted by Crippen LogP contribution is 2.21. The Labute approximate surface area is 161 Å². The molecule has 0 saturated carbocycles. The van der Waals surface area contributed by atoms with Gasteiger partial charge in [-0.3, -0.25) is 4.90 Å². The molecule has 1 aliphatic rings. The minimum absolute atomic E-state index is 0.562. The van der Waals surface area contributed by atoms with Gasteiger partial charge < -0.3 is 9.42 Å². The van der Waals surface area contributed by atoms with Crippen LogP contribution in [0.1, 0.15) is 5.89 Å². The molecule has 4 rings (SSSR count). The Morgan fingerprint density at radius 3 is 2.58 bits per heavy atom. The standard InChI is InChI=1S/C18H17Cl2N5O/c19-14-3-1-2-13(10-14)18-22-17(26-23-18)12-24-6-8-25(9-7-24)16-5-4-15(20)11-21-16/h1-5,10-11H,6-9,12H2. The summed E-state index contributed by atoms with van der Waals surface area (Å²) in [7, 11) is 0. The Morgan fingerprint density at radius 2 is 1.85 bits per heavy atom. The van der Waals surface area contributed by atoms with Crippen molar-refractivity contribution < 1.29 is 4.52 Å². The maximum Gasteiger partial charge on any atom is 0.241 e. The lowest BCUT2D eigenvalue weighted by molar-refractivity contribution is 0.215. The smallest absolute Gasteiger partial charge is 0.241 e. The molecule has 0 unspecified atom stereocenters. The van der Waals surface area contributed by atoms with Crippen LogP contribution in [0, 0.1) is 0 Å². The van der Waals surface area contributed by atoms with Gasteiger partial charge >= 0.3 is 0 Å². The molecule has 1 aliphatic heterocycles. The molecule has 1 saturated heterocycles. The number of piperazine rings is 1. The Morgan fingerprint density at radius 1 is 1.00 bits per heavy atom. The maximum absolute atomic E-state index is 6.02. The van der Waals surface area contributed by atoms with Crippen LogP contribution in [0.4, 0.5) is 5.82 Å². The van der Waals surface area contributed by atoms with E-state index in [1.807, 2.05) is 36.4 Å². The average molecular weight is 390 g/mol. The van der Waals surface area contributed by atoms with Crippen LogP contribution >= 0.6 is 23.2 Å². The summed E-state index contributed by atoms with van der Waals surface area (Å²) in [5.74, 6) is 2.12. The van der Waals surface area contributed by atoms with Crippen molar-refractivity contribution >= 4 is 29.0 Å². The van der Waals surface area contributed by atoms with E-state index < -0.39 is 0 Å². The molecule has 0 N–H and O–H groups in total. The molecule has 26 heavy (non-hydrogen) atoms. The van der Waals surface area contributed by atoms with Gasteiger partial charge in [0.1, 0.15) is 5.82 Å². The van der Waals surface area contributed by atoms with Crippen molar-refractivity contribution in [2.45, 2.75) is 6.54 Å². The highest BCUT2D eigenvalue weighted by atomic mass is 35.5. The number of pyridine rings is 1. The van der Waals surface area contributed by atoms with Gasteiger partial charge in [-0.25, -0.2) is 4.98 Å². The predicted octanol–water partition coefficient (Wildman–Crippen LogP) is 3.76. The SMILES string of the molecule is Clc1ccc(N2CCN(Cc3nc(-c4cccc(Cl)c4)no3)CC2)nc1. The van der Waals surface area contributed by atoms with Crippen LogP contribution in [0.2, 0.25) is 10.0 Å². The second-order valence-corrected chi connectivity index (χ2v) is 6.99. The Kier molecular flexibility index (Phi) is 5.06. The number of rotatable bonds is 4. The van der Waals surface area contributed by atoms with E-state index >= 15 is 0 Å². The van der Waals surface area contributed by atoms with Crippen molar-refractivity contribution in [2.24, 2.45) is 0 Å². The van der Waals surface area contributed by atoms with Crippen molar-refractivity contribution in [3.8, 4) is 11.4 Å². The molecular weight excluding hydrogens is 373 g/mol. The van der Waals surface area contributed by atoms with E-state index in [2.05, 4.69) is 24.9 Å². The summed E-state index contributed by atoms with van der Waals surface area (Å²) >= 11 is 11.9. The summed E-state index contributed by atoms with van der Waals surface area (Å²) in [5, 5.41) is 5.37. The summed E-state index contributed by atoms with van der Waals surface area (Å²) < 4.78 is 5.40. The summed E-state index contributed by atoms with van der Waals surface area (Å²) in [6, 6.07) is 11.3. The summed E-state index contributed by atoms with van der Waals surface area (Å²) in [6.07, 6.45) is 1.68. The van der Waals surface area contributed by atoms with Gasteiger partial charge in [0.25, 0.3) is 0 Å². The zero-order chi connectivity index (χ0) is 17.9. The molecule has 1 aromatic carbocycles. The van der Waals surface area contributed by atoms with Crippen LogP contribution in [0.25, 0.3) is 11.4 Å². The molecule has 6 nitrogen and oxygen atoms in total. The summed E-state index contributed by atoms with van der Waals surface area (Å²) in [5.41, 5.74) is 0.853. The molecule has 8 heteroatoms. The lowest BCUT2D eigenvalue weighted by atomic mass is 10.2. The molecule has 3 aromatic rings. The largest absolute Gasteiger partial charge is 0.354 e. The highest BCUT2D eigenvalue weighted by molar-refractivity contribution is 6.31. The number of nitrogens with zero attached hydrogens (tertiary/aromatic N) is 5. The van der Waals surface area contributed by atoms with Crippen molar-refractivity contribution in [3.63, 3.8) is 0 Å². The number of aromatic nitrogens is 3. The maximum atomic E-state index is 6.02. The van der Waals surface area contributed by atoms with Gasteiger partial charge in [0.2, 0.25) is 11.7 Å². The molecule has 0 atom stereocenters. The van der Waals surface area contributed by atoms with Crippen molar-refractivity contribution in [1.29, 1.82) is 0 Å². The normalized spacial score (nSPS) is 15.4. The van der Waals surface area contributed by atoms with Crippen LogP contribution in [0.5, 0.6) is 0 Å². The van der Waals surface area contributed by atoms with Crippen LogP contribution in [-0.4, -0.2) is 46.2 Å².